The fraction of sp³-hybridized carbons (Fsp3) is 0.733. The van der Waals surface area contributed by atoms with E-state index in [1.165, 1.54) is 12.8 Å². The molecule has 1 aliphatic rings. The number of hydrogen-bond donors (Lipinski definition) is 2. The van der Waals surface area contributed by atoms with Gasteiger partial charge in [-0.25, -0.2) is 4.98 Å². The summed E-state index contributed by atoms with van der Waals surface area (Å²) in [7, 11) is 0. The molecule has 0 aliphatic carbocycles. The Labute approximate surface area is 121 Å². The SMILES string of the molecule is CCCNc1cnc(CN2CCCC(CCO)C2)cn1. The van der Waals surface area contributed by atoms with E-state index in [1.807, 2.05) is 12.4 Å². The first kappa shape index (κ1) is 15.2. The lowest BCUT2D eigenvalue weighted by Gasteiger charge is -2.32. The molecule has 0 saturated carbocycles. The first-order valence-electron chi connectivity index (χ1n) is 7.69. The van der Waals surface area contributed by atoms with Crippen LogP contribution in [0.2, 0.25) is 0 Å². The van der Waals surface area contributed by atoms with Gasteiger partial charge in [0.1, 0.15) is 5.82 Å². The van der Waals surface area contributed by atoms with Gasteiger partial charge in [0.15, 0.2) is 0 Å². The van der Waals surface area contributed by atoms with E-state index in [0.29, 0.717) is 12.5 Å². The first-order valence-corrected chi connectivity index (χ1v) is 7.69. The molecule has 5 heteroatoms. The maximum atomic E-state index is 9.05. The minimum atomic E-state index is 0.302. The number of anilines is 1. The zero-order valence-corrected chi connectivity index (χ0v) is 12.4. The fourth-order valence-electron chi connectivity index (χ4n) is 2.72. The van der Waals surface area contributed by atoms with Crippen LogP contribution in [-0.2, 0) is 6.54 Å². The lowest BCUT2D eigenvalue weighted by Crippen LogP contribution is -2.35. The monoisotopic (exact) mass is 278 g/mol. The second-order valence-electron chi connectivity index (χ2n) is 5.58. The van der Waals surface area contributed by atoms with Gasteiger partial charge in [0, 0.05) is 26.2 Å². The highest BCUT2D eigenvalue weighted by Crippen LogP contribution is 2.20. The molecule has 1 saturated heterocycles. The Balaban J connectivity index is 1.83. The van der Waals surface area contributed by atoms with Gasteiger partial charge < -0.3 is 10.4 Å². The summed E-state index contributed by atoms with van der Waals surface area (Å²) < 4.78 is 0. The number of nitrogens with zero attached hydrogens (tertiary/aromatic N) is 3. The van der Waals surface area contributed by atoms with E-state index in [4.69, 9.17) is 5.11 Å². The summed E-state index contributed by atoms with van der Waals surface area (Å²) in [6, 6.07) is 0. The van der Waals surface area contributed by atoms with Crippen molar-refractivity contribution in [3.05, 3.63) is 18.1 Å². The Kier molecular flexibility index (Phi) is 6.21. The average Bonchev–Trinajstić information content (AvgIpc) is 2.47. The van der Waals surface area contributed by atoms with Gasteiger partial charge in [0.2, 0.25) is 0 Å². The van der Waals surface area contributed by atoms with Gasteiger partial charge in [-0.2, -0.15) is 0 Å². The lowest BCUT2D eigenvalue weighted by atomic mass is 9.95. The predicted octanol–water partition coefficient (Wildman–Crippen LogP) is 1.89. The predicted molar refractivity (Wildman–Crippen MR) is 80.5 cm³/mol. The van der Waals surface area contributed by atoms with Crippen molar-refractivity contribution in [2.45, 2.75) is 39.2 Å². The first-order chi connectivity index (χ1) is 9.81. The highest BCUT2D eigenvalue weighted by molar-refractivity contribution is 5.30. The van der Waals surface area contributed by atoms with Crippen molar-refractivity contribution in [1.29, 1.82) is 0 Å². The molecule has 1 unspecified atom stereocenters. The number of hydrogen-bond acceptors (Lipinski definition) is 5. The van der Waals surface area contributed by atoms with Crippen molar-refractivity contribution in [2.75, 3.05) is 31.6 Å². The quantitative estimate of drug-likeness (QED) is 0.797. The number of rotatable bonds is 7. The number of piperidine rings is 1. The molecule has 20 heavy (non-hydrogen) atoms. The van der Waals surface area contributed by atoms with Crippen molar-refractivity contribution in [3.63, 3.8) is 0 Å². The zero-order valence-electron chi connectivity index (χ0n) is 12.4. The van der Waals surface area contributed by atoms with E-state index in [9.17, 15) is 0 Å². The molecule has 5 nitrogen and oxygen atoms in total. The van der Waals surface area contributed by atoms with Crippen LogP contribution in [0.5, 0.6) is 0 Å². The molecule has 112 valence electrons. The molecule has 0 amide bonds. The van der Waals surface area contributed by atoms with Crippen LogP contribution >= 0.6 is 0 Å². The molecule has 2 rings (SSSR count). The average molecular weight is 278 g/mol. The standard InChI is InChI=1S/C15H26N4O/c1-2-6-16-15-10-17-14(9-18-15)12-19-7-3-4-13(11-19)5-8-20/h9-10,13,20H,2-8,11-12H2,1H3,(H,16,18). The summed E-state index contributed by atoms with van der Waals surface area (Å²) in [5.41, 5.74) is 1.02. The molecule has 2 heterocycles. The van der Waals surface area contributed by atoms with Crippen LogP contribution in [0, 0.1) is 5.92 Å². The highest BCUT2D eigenvalue weighted by Gasteiger charge is 2.19. The zero-order chi connectivity index (χ0) is 14.2. The van der Waals surface area contributed by atoms with Gasteiger partial charge >= 0.3 is 0 Å². The van der Waals surface area contributed by atoms with E-state index < -0.39 is 0 Å². The second-order valence-corrected chi connectivity index (χ2v) is 5.58. The van der Waals surface area contributed by atoms with Gasteiger partial charge in [-0.05, 0) is 38.1 Å². The normalized spacial score (nSPS) is 20.0. The topological polar surface area (TPSA) is 61.3 Å². The summed E-state index contributed by atoms with van der Waals surface area (Å²) in [5.74, 6) is 1.49. The van der Waals surface area contributed by atoms with E-state index in [2.05, 4.69) is 27.1 Å². The third kappa shape index (κ3) is 4.72. The van der Waals surface area contributed by atoms with Crippen LogP contribution in [0.25, 0.3) is 0 Å². The Bertz CT molecular complexity index is 380. The van der Waals surface area contributed by atoms with Crippen molar-refractivity contribution in [1.82, 2.24) is 14.9 Å². The molecule has 0 aromatic carbocycles. The summed E-state index contributed by atoms with van der Waals surface area (Å²) in [5, 5.41) is 12.3. The molecule has 0 bridgehead atoms. The molecule has 1 aromatic heterocycles. The van der Waals surface area contributed by atoms with E-state index in [-0.39, 0.29) is 0 Å². The van der Waals surface area contributed by atoms with E-state index in [0.717, 1.165) is 50.5 Å². The van der Waals surface area contributed by atoms with Crippen LogP contribution in [0.3, 0.4) is 0 Å². The summed E-state index contributed by atoms with van der Waals surface area (Å²) in [4.78, 5) is 11.3. The van der Waals surface area contributed by atoms with E-state index in [1.54, 1.807) is 0 Å². The van der Waals surface area contributed by atoms with Gasteiger partial charge in [-0.1, -0.05) is 6.92 Å². The van der Waals surface area contributed by atoms with Gasteiger partial charge in [-0.15, -0.1) is 0 Å². The Morgan fingerprint density at radius 1 is 1.40 bits per heavy atom. The number of nitrogens with one attached hydrogen (secondary N) is 1. The molecular formula is C15H26N4O. The second kappa shape index (κ2) is 8.17. The molecule has 0 radical (unpaired) electrons. The molecule has 2 N–H and O–H groups in total. The third-order valence-corrected chi connectivity index (χ3v) is 3.79. The molecular weight excluding hydrogens is 252 g/mol. The number of likely N-dealkylation sites (tertiary alicyclic amines) is 1. The number of aromatic nitrogens is 2. The van der Waals surface area contributed by atoms with Gasteiger partial charge in [-0.3, -0.25) is 9.88 Å². The molecule has 1 fully saturated rings. The number of aliphatic hydroxyl groups is 1. The van der Waals surface area contributed by atoms with Crippen LogP contribution < -0.4 is 5.32 Å². The van der Waals surface area contributed by atoms with Gasteiger partial charge in [0.05, 0.1) is 18.1 Å². The van der Waals surface area contributed by atoms with Gasteiger partial charge in [0.25, 0.3) is 0 Å². The fourth-order valence-corrected chi connectivity index (χ4v) is 2.72. The van der Waals surface area contributed by atoms with Crippen LogP contribution in [-0.4, -0.2) is 46.2 Å². The number of aliphatic hydroxyl groups excluding tert-OH is 1. The minimum absolute atomic E-state index is 0.302. The molecule has 1 aliphatic heterocycles. The molecule has 0 spiro atoms. The Morgan fingerprint density at radius 2 is 2.30 bits per heavy atom. The summed E-state index contributed by atoms with van der Waals surface area (Å²) >= 11 is 0. The molecule has 1 aromatic rings. The third-order valence-electron chi connectivity index (χ3n) is 3.79. The van der Waals surface area contributed by atoms with Crippen LogP contribution in [0.1, 0.15) is 38.3 Å². The van der Waals surface area contributed by atoms with Crippen LogP contribution in [0.15, 0.2) is 12.4 Å². The lowest BCUT2D eigenvalue weighted by molar-refractivity contribution is 0.141. The summed E-state index contributed by atoms with van der Waals surface area (Å²) in [6.07, 6.45) is 8.15. The van der Waals surface area contributed by atoms with Crippen molar-refractivity contribution in [2.24, 2.45) is 5.92 Å². The smallest absolute Gasteiger partial charge is 0.144 e. The van der Waals surface area contributed by atoms with E-state index >= 15 is 0 Å². The molecule has 1 atom stereocenters. The van der Waals surface area contributed by atoms with Crippen LogP contribution in [0.4, 0.5) is 5.82 Å². The highest BCUT2D eigenvalue weighted by atomic mass is 16.3. The van der Waals surface area contributed by atoms with Crippen molar-refractivity contribution >= 4 is 5.82 Å². The Hall–Kier alpha value is -1.20. The summed E-state index contributed by atoms with van der Waals surface area (Å²) in [6.45, 7) is 6.42. The van der Waals surface area contributed by atoms with Crippen molar-refractivity contribution in [3.8, 4) is 0 Å². The maximum Gasteiger partial charge on any atom is 0.144 e. The Morgan fingerprint density at radius 3 is 3.00 bits per heavy atom. The minimum Gasteiger partial charge on any atom is -0.396 e. The largest absolute Gasteiger partial charge is 0.396 e. The van der Waals surface area contributed by atoms with Crippen molar-refractivity contribution < 1.29 is 5.11 Å². The maximum absolute atomic E-state index is 9.05.